The summed E-state index contributed by atoms with van der Waals surface area (Å²) in [7, 11) is 0. The number of rotatable bonds is 4. The smallest absolute Gasteiger partial charge is 0.119 e. The zero-order valence-corrected chi connectivity index (χ0v) is 9.81. The van der Waals surface area contributed by atoms with E-state index in [9.17, 15) is 0 Å². The number of hydrogen-bond donors (Lipinski definition) is 0. The molecule has 13 heavy (non-hydrogen) atoms. The zero-order chi connectivity index (χ0) is 9.68. The van der Waals surface area contributed by atoms with Gasteiger partial charge in [-0.05, 0) is 24.3 Å². The molecule has 0 saturated heterocycles. The Balaban J connectivity index is 2.41. The lowest BCUT2D eigenvalue weighted by Crippen LogP contribution is -2.09. The minimum absolute atomic E-state index is 0.394. The lowest BCUT2D eigenvalue weighted by Gasteiger charge is -2.09. The average Bonchev–Trinajstić information content (AvgIpc) is 2.16. The molecule has 0 N–H and O–H groups in total. The van der Waals surface area contributed by atoms with Crippen LogP contribution in [0, 0.1) is 5.92 Å². The second-order valence-corrected chi connectivity index (χ2v) is 4.25. The highest BCUT2D eigenvalue weighted by atomic mass is 79.9. The maximum atomic E-state index is 5.66. The quantitative estimate of drug-likeness (QED) is 0.753. The van der Waals surface area contributed by atoms with Crippen LogP contribution < -0.4 is 4.74 Å². The van der Waals surface area contributed by atoms with Crippen molar-refractivity contribution in [3.05, 3.63) is 28.7 Å². The summed E-state index contributed by atoms with van der Waals surface area (Å²) in [6.45, 7) is 2.73. The summed E-state index contributed by atoms with van der Waals surface area (Å²) in [5, 5.41) is 0. The van der Waals surface area contributed by atoms with Crippen LogP contribution in [-0.4, -0.2) is 12.5 Å². The molecule has 1 aromatic rings. The SMILES string of the molecule is C[C@H](CCl)COc1ccc(Br)cc1. The minimum atomic E-state index is 0.394. The monoisotopic (exact) mass is 262 g/mol. The summed E-state index contributed by atoms with van der Waals surface area (Å²) in [5.74, 6) is 1.92. The third kappa shape index (κ3) is 4.01. The van der Waals surface area contributed by atoms with Gasteiger partial charge in [-0.1, -0.05) is 22.9 Å². The van der Waals surface area contributed by atoms with Gasteiger partial charge in [-0.2, -0.15) is 0 Å². The van der Waals surface area contributed by atoms with Gasteiger partial charge < -0.3 is 4.74 Å². The minimum Gasteiger partial charge on any atom is -0.493 e. The van der Waals surface area contributed by atoms with Gasteiger partial charge >= 0.3 is 0 Å². The van der Waals surface area contributed by atoms with E-state index in [0.717, 1.165) is 10.2 Å². The topological polar surface area (TPSA) is 9.23 Å². The first-order chi connectivity index (χ1) is 6.22. The van der Waals surface area contributed by atoms with Gasteiger partial charge in [0.15, 0.2) is 0 Å². The van der Waals surface area contributed by atoms with Gasteiger partial charge in [-0.3, -0.25) is 0 Å². The van der Waals surface area contributed by atoms with Crippen molar-refractivity contribution < 1.29 is 4.74 Å². The third-order valence-electron chi connectivity index (χ3n) is 1.61. The molecule has 1 aromatic carbocycles. The van der Waals surface area contributed by atoms with Crippen LogP contribution in [0.15, 0.2) is 28.7 Å². The lowest BCUT2D eigenvalue weighted by molar-refractivity contribution is 0.272. The molecule has 0 aromatic heterocycles. The Morgan fingerprint density at radius 3 is 2.54 bits per heavy atom. The normalized spacial score (nSPS) is 12.5. The second kappa shape index (κ2) is 5.51. The molecule has 1 rings (SSSR count). The van der Waals surface area contributed by atoms with Crippen molar-refractivity contribution in [3.63, 3.8) is 0 Å². The Morgan fingerprint density at radius 2 is 2.00 bits per heavy atom. The number of ether oxygens (including phenoxy) is 1. The van der Waals surface area contributed by atoms with Gasteiger partial charge in [0.05, 0.1) is 6.61 Å². The molecule has 0 bridgehead atoms. The molecule has 1 atom stereocenters. The fourth-order valence-corrected chi connectivity index (χ4v) is 1.17. The van der Waals surface area contributed by atoms with Crippen molar-refractivity contribution in [1.82, 2.24) is 0 Å². The van der Waals surface area contributed by atoms with Crippen molar-refractivity contribution in [2.45, 2.75) is 6.92 Å². The standard InChI is InChI=1S/C10H12BrClO/c1-8(6-12)7-13-10-4-2-9(11)3-5-10/h2-5,8H,6-7H2,1H3/t8-/m1/s1. The Morgan fingerprint density at radius 1 is 1.38 bits per heavy atom. The van der Waals surface area contributed by atoms with Crippen LogP contribution in [0.5, 0.6) is 5.75 Å². The second-order valence-electron chi connectivity index (χ2n) is 3.02. The van der Waals surface area contributed by atoms with Crippen LogP contribution in [0.2, 0.25) is 0 Å². The van der Waals surface area contributed by atoms with E-state index >= 15 is 0 Å². The van der Waals surface area contributed by atoms with Crippen LogP contribution in [0.1, 0.15) is 6.92 Å². The largest absolute Gasteiger partial charge is 0.493 e. The zero-order valence-electron chi connectivity index (χ0n) is 7.47. The lowest BCUT2D eigenvalue weighted by atomic mass is 10.2. The molecule has 0 fully saturated rings. The average molecular weight is 264 g/mol. The molecular formula is C10H12BrClO. The van der Waals surface area contributed by atoms with E-state index in [-0.39, 0.29) is 0 Å². The molecule has 0 aliphatic carbocycles. The highest BCUT2D eigenvalue weighted by molar-refractivity contribution is 9.10. The Kier molecular flexibility index (Phi) is 4.60. The van der Waals surface area contributed by atoms with Crippen molar-refractivity contribution in [3.8, 4) is 5.75 Å². The van der Waals surface area contributed by atoms with Gasteiger partial charge in [-0.15, -0.1) is 11.6 Å². The van der Waals surface area contributed by atoms with E-state index in [2.05, 4.69) is 22.9 Å². The maximum absolute atomic E-state index is 5.66. The molecule has 0 unspecified atom stereocenters. The third-order valence-corrected chi connectivity index (χ3v) is 2.67. The molecule has 0 radical (unpaired) electrons. The predicted octanol–water partition coefficient (Wildman–Crippen LogP) is 3.70. The first-order valence-electron chi connectivity index (χ1n) is 4.16. The first kappa shape index (κ1) is 10.9. The van der Waals surface area contributed by atoms with E-state index in [4.69, 9.17) is 16.3 Å². The molecule has 0 aliphatic rings. The fraction of sp³-hybridized carbons (Fsp3) is 0.400. The van der Waals surface area contributed by atoms with E-state index in [1.54, 1.807) is 0 Å². The fourth-order valence-electron chi connectivity index (χ4n) is 0.814. The molecular weight excluding hydrogens is 251 g/mol. The number of halogens is 2. The van der Waals surface area contributed by atoms with Crippen LogP contribution in [-0.2, 0) is 0 Å². The Labute approximate surface area is 92.2 Å². The summed E-state index contributed by atoms with van der Waals surface area (Å²) in [5.41, 5.74) is 0. The molecule has 0 saturated carbocycles. The van der Waals surface area contributed by atoms with Crippen molar-refractivity contribution >= 4 is 27.5 Å². The maximum Gasteiger partial charge on any atom is 0.119 e. The van der Waals surface area contributed by atoms with Crippen LogP contribution in [0.25, 0.3) is 0 Å². The van der Waals surface area contributed by atoms with Gasteiger partial charge in [-0.25, -0.2) is 0 Å². The van der Waals surface area contributed by atoms with Crippen molar-refractivity contribution in [2.24, 2.45) is 5.92 Å². The van der Waals surface area contributed by atoms with Crippen LogP contribution >= 0.6 is 27.5 Å². The summed E-state index contributed by atoms with van der Waals surface area (Å²) in [4.78, 5) is 0. The summed E-state index contributed by atoms with van der Waals surface area (Å²) in [6.07, 6.45) is 0. The highest BCUT2D eigenvalue weighted by Crippen LogP contribution is 2.16. The van der Waals surface area contributed by atoms with Crippen LogP contribution in [0.3, 0.4) is 0 Å². The van der Waals surface area contributed by atoms with Crippen molar-refractivity contribution in [1.29, 1.82) is 0 Å². The Hall–Kier alpha value is -0.210. The molecule has 1 nitrogen and oxygen atoms in total. The molecule has 0 heterocycles. The van der Waals surface area contributed by atoms with E-state index in [0.29, 0.717) is 18.4 Å². The number of hydrogen-bond acceptors (Lipinski definition) is 1. The van der Waals surface area contributed by atoms with Crippen molar-refractivity contribution in [2.75, 3.05) is 12.5 Å². The van der Waals surface area contributed by atoms with Gasteiger partial charge in [0.25, 0.3) is 0 Å². The van der Waals surface area contributed by atoms with E-state index < -0.39 is 0 Å². The number of benzene rings is 1. The highest BCUT2D eigenvalue weighted by Gasteiger charge is 2.00. The Bertz CT molecular complexity index is 248. The summed E-state index contributed by atoms with van der Waals surface area (Å²) < 4.78 is 6.57. The predicted molar refractivity (Wildman–Crippen MR) is 59.5 cm³/mol. The van der Waals surface area contributed by atoms with Gasteiger partial charge in [0, 0.05) is 16.3 Å². The molecule has 0 spiro atoms. The van der Waals surface area contributed by atoms with Gasteiger partial charge in [0.2, 0.25) is 0 Å². The van der Waals surface area contributed by atoms with Crippen LogP contribution in [0.4, 0.5) is 0 Å². The summed E-state index contributed by atoms with van der Waals surface area (Å²) >= 11 is 9.02. The molecule has 3 heteroatoms. The number of alkyl halides is 1. The molecule has 0 amide bonds. The summed E-state index contributed by atoms with van der Waals surface area (Å²) in [6, 6.07) is 7.79. The first-order valence-corrected chi connectivity index (χ1v) is 5.49. The van der Waals surface area contributed by atoms with Gasteiger partial charge in [0.1, 0.15) is 5.75 Å². The van der Waals surface area contributed by atoms with E-state index in [1.807, 2.05) is 24.3 Å². The molecule has 72 valence electrons. The molecule has 0 aliphatic heterocycles. The van der Waals surface area contributed by atoms with E-state index in [1.165, 1.54) is 0 Å².